The Labute approximate surface area is 313 Å². The summed E-state index contributed by atoms with van der Waals surface area (Å²) < 4.78 is 15.6. The van der Waals surface area contributed by atoms with Crippen LogP contribution in [-0.4, -0.2) is 98.6 Å². The zero-order chi connectivity index (χ0) is 35.4. The Morgan fingerprint density at radius 1 is 1.14 bits per heavy atom. The van der Waals surface area contributed by atoms with Gasteiger partial charge in [-0.2, -0.15) is 4.98 Å². The van der Waals surface area contributed by atoms with Gasteiger partial charge in [-0.15, -0.1) is 0 Å². The number of hydrogen-bond acceptors (Lipinski definition) is 9. The highest BCUT2D eigenvalue weighted by molar-refractivity contribution is 14.1. The lowest BCUT2D eigenvalue weighted by molar-refractivity contribution is 0.193. The van der Waals surface area contributed by atoms with E-state index in [4.69, 9.17) is 20.4 Å². The highest BCUT2D eigenvalue weighted by Gasteiger charge is 2.48. The number of pyridine rings is 1. The Morgan fingerprint density at radius 2 is 1.96 bits per heavy atom. The summed E-state index contributed by atoms with van der Waals surface area (Å²) in [5.74, 6) is 3.60. The predicted octanol–water partition coefficient (Wildman–Crippen LogP) is 6.94. The molecular weight excluding hydrogens is 754 g/mol. The molecule has 0 amide bonds. The van der Waals surface area contributed by atoms with Crippen LogP contribution in [0.25, 0.3) is 28.2 Å². The lowest BCUT2D eigenvalue weighted by Crippen LogP contribution is -2.53. The number of hydrogen-bond donors (Lipinski definition) is 2. The van der Waals surface area contributed by atoms with Crippen LogP contribution in [0.15, 0.2) is 36.5 Å². The van der Waals surface area contributed by atoms with Crippen molar-refractivity contribution in [1.29, 1.82) is 5.41 Å². The van der Waals surface area contributed by atoms with E-state index in [0.717, 1.165) is 82.2 Å². The third-order valence-corrected chi connectivity index (χ3v) is 12.2. The fourth-order valence-electron chi connectivity index (χ4n) is 8.60. The first-order valence-electron chi connectivity index (χ1n) is 18.2. The van der Waals surface area contributed by atoms with Crippen LogP contribution in [-0.2, 0) is 0 Å². The van der Waals surface area contributed by atoms with Gasteiger partial charge < -0.3 is 15.1 Å². The van der Waals surface area contributed by atoms with E-state index in [9.17, 15) is 4.39 Å². The second-order valence-electron chi connectivity index (χ2n) is 15.1. The molecule has 1 saturated carbocycles. The van der Waals surface area contributed by atoms with E-state index in [-0.39, 0.29) is 5.54 Å². The van der Waals surface area contributed by atoms with Crippen molar-refractivity contribution >= 4 is 57.2 Å². The highest BCUT2D eigenvalue weighted by atomic mass is 127. The quantitative estimate of drug-likeness (QED) is 0.100. The minimum Gasteiger partial charge on any atom is -0.359 e. The largest absolute Gasteiger partial charge is 0.359 e. The molecular formula is C39H46FIN10. The fraction of sp³-hybridized carbons (Fsp3) is 0.487. The summed E-state index contributed by atoms with van der Waals surface area (Å²) in [4.78, 5) is 30.8. The third-order valence-electron chi connectivity index (χ3n) is 11.2. The molecule has 1 aromatic carbocycles. The second-order valence-corrected chi connectivity index (χ2v) is 16.2. The molecule has 4 aromatic rings. The van der Waals surface area contributed by atoms with Crippen LogP contribution in [0, 0.1) is 35.7 Å². The Hall–Kier alpha value is -3.78. The lowest BCUT2D eigenvalue weighted by atomic mass is 9.93. The number of aryl methyl sites for hydroxylation is 3. The lowest BCUT2D eigenvalue weighted by Gasteiger charge is -2.42. The van der Waals surface area contributed by atoms with Gasteiger partial charge in [-0.1, -0.05) is 18.2 Å². The molecule has 51 heavy (non-hydrogen) atoms. The van der Waals surface area contributed by atoms with E-state index in [1.807, 2.05) is 38.3 Å². The molecule has 8 rings (SSSR count). The van der Waals surface area contributed by atoms with E-state index in [2.05, 4.69) is 84.7 Å². The van der Waals surface area contributed by atoms with Crippen molar-refractivity contribution < 1.29 is 4.39 Å². The minimum absolute atomic E-state index is 0.180. The van der Waals surface area contributed by atoms with Gasteiger partial charge in [0.25, 0.3) is 0 Å². The standard InChI is InChI=1S/C39H46FIN10/c1-23-7-5-8-30(33(23)27-9-10-27)35-34(41)36-31(17-43-35)37(48-38(47-36)44-22-39-13-6-14-51(39)21-28(40)16-39)49(4)18-26-19-50(20-26)32(42)12-11-29-15-24(2)45-25(3)46-29/h5,7-8,11-12,15,17,26-28,42H,6,9-10,13-14,16,18-22H2,1-4H3,(H,44,47,48)/b12-11+,42-32?/t28-,39?/m1/s1. The fourth-order valence-corrected chi connectivity index (χ4v) is 9.44. The van der Waals surface area contributed by atoms with E-state index in [0.29, 0.717) is 43.1 Å². The number of fused-ring (bicyclic) bond motifs is 2. The molecule has 3 saturated heterocycles. The summed E-state index contributed by atoms with van der Waals surface area (Å²) in [5, 5.41) is 13.2. The van der Waals surface area contributed by atoms with E-state index >= 15 is 0 Å². The molecule has 10 nitrogen and oxygen atoms in total. The summed E-state index contributed by atoms with van der Waals surface area (Å²) in [7, 11) is 2.09. The Kier molecular flexibility index (Phi) is 9.18. The molecule has 266 valence electrons. The number of alkyl halides is 1. The molecule has 2 atom stereocenters. The Morgan fingerprint density at radius 3 is 2.75 bits per heavy atom. The average Bonchev–Trinajstić information content (AvgIpc) is 3.76. The summed E-state index contributed by atoms with van der Waals surface area (Å²) in [6.45, 7) is 10.5. The zero-order valence-electron chi connectivity index (χ0n) is 29.9. The maximum atomic E-state index is 14.6. The van der Waals surface area contributed by atoms with Gasteiger partial charge in [0.2, 0.25) is 5.95 Å². The van der Waals surface area contributed by atoms with Crippen molar-refractivity contribution in [2.24, 2.45) is 5.92 Å². The van der Waals surface area contributed by atoms with Crippen LogP contribution >= 0.6 is 22.6 Å². The van der Waals surface area contributed by atoms with Crippen molar-refractivity contribution in [3.05, 3.63) is 68.4 Å². The van der Waals surface area contributed by atoms with Gasteiger partial charge in [0.1, 0.15) is 23.6 Å². The van der Waals surface area contributed by atoms with Crippen LogP contribution in [0.3, 0.4) is 0 Å². The number of likely N-dealkylation sites (tertiary alicyclic amines) is 1. The van der Waals surface area contributed by atoms with Crippen LogP contribution in [0.4, 0.5) is 16.2 Å². The summed E-state index contributed by atoms with van der Waals surface area (Å²) >= 11 is 2.43. The van der Waals surface area contributed by atoms with Crippen LogP contribution in [0.1, 0.15) is 66.4 Å². The maximum Gasteiger partial charge on any atom is 0.225 e. The molecule has 0 radical (unpaired) electrons. The predicted molar refractivity (Wildman–Crippen MR) is 210 cm³/mol. The Balaban J connectivity index is 1.06. The monoisotopic (exact) mass is 800 g/mol. The van der Waals surface area contributed by atoms with Gasteiger partial charge in [-0.25, -0.2) is 19.3 Å². The van der Waals surface area contributed by atoms with Gasteiger partial charge in [-0.05, 0) is 117 Å². The summed E-state index contributed by atoms with van der Waals surface area (Å²) in [5.41, 5.74) is 7.34. The summed E-state index contributed by atoms with van der Waals surface area (Å²) in [6.07, 6.45) is 9.98. The molecule has 1 unspecified atom stereocenters. The molecule has 2 N–H and O–H groups in total. The molecule has 4 aliphatic rings. The number of nitrogens with zero attached hydrogens (tertiary/aromatic N) is 8. The van der Waals surface area contributed by atoms with Gasteiger partial charge in [-0.3, -0.25) is 15.3 Å². The van der Waals surface area contributed by atoms with Gasteiger partial charge >= 0.3 is 0 Å². The Bertz CT molecular complexity index is 2010. The van der Waals surface area contributed by atoms with Crippen molar-refractivity contribution in [2.75, 3.05) is 56.5 Å². The molecule has 12 heteroatoms. The molecule has 6 heterocycles. The molecule has 0 bridgehead atoms. The SMILES string of the molecule is Cc1cc(/C=C/C(=N)N2CC(CN(C)c3nc(NCC45CCCN4C[C@H](F)C5)nc4c(I)c(-c5cccc(C)c5C5CC5)ncc34)C2)nc(C)n1. The smallest absolute Gasteiger partial charge is 0.225 e. The topological polar surface area (TPSA) is 110 Å². The molecule has 3 aliphatic heterocycles. The number of amidine groups is 1. The van der Waals surface area contributed by atoms with Gasteiger partial charge in [0.05, 0.1) is 25.9 Å². The first-order valence-corrected chi connectivity index (χ1v) is 19.3. The summed E-state index contributed by atoms with van der Waals surface area (Å²) in [6, 6.07) is 8.47. The first kappa shape index (κ1) is 34.3. The molecule has 4 fully saturated rings. The molecule has 1 aliphatic carbocycles. The number of halogens is 2. The third kappa shape index (κ3) is 6.81. The highest BCUT2D eigenvalue weighted by Crippen LogP contribution is 2.47. The number of aromatic nitrogens is 5. The minimum atomic E-state index is -0.782. The van der Waals surface area contributed by atoms with Crippen LogP contribution < -0.4 is 10.2 Å². The van der Waals surface area contributed by atoms with Gasteiger partial charge in [0, 0.05) is 68.7 Å². The maximum absolute atomic E-state index is 14.6. The van der Waals surface area contributed by atoms with E-state index < -0.39 is 6.17 Å². The van der Waals surface area contributed by atoms with Crippen molar-refractivity contribution in [1.82, 2.24) is 34.7 Å². The molecule has 3 aromatic heterocycles. The number of nitrogens with one attached hydrogen (secondary N) is 2. The van der Waals surface area contributed by atoms with E-state index in [1.54, 1.807) is 0 Å². The van der Waals surface area contributed by atoms with Crippen molar-refractivity contribution in [3.8, 4) is 11.3 Å². The van der Waals surface area contributed by atoms with Crippen LogP contribution in [0.5, 0.6) is 0 Å². The van der Waals surface area contributed by atoms with Crippen LogP contribution in [0.2, 0.25) is 0 Å². The number of rotatable bonds is 10. The van der Waals surface area contributed by atoms with Gasteiger partial charge in [0.15, 0.2) is 0 Å². The van der Waals surface area contributed by atoms with Crippen molar-refractivity contribution in [3.63, 3.8) is 0 Å². The molecule has 0 spiro atoms. The van der Waals surface area contributed by atoms with Crippen molar-refractivity contribution in [2.45, 2.75) is 70.5 Å². The second kappa shape index (κ2) is 13.6. The van der Waals surface area contributed by atoms with E-state index in [1.165, 1.54) is 29.5 Å². The normalized spacial score (nSPS) is 22.2. The number of benzene rings is 1. The zero-order valence-corrected chi connectivity index (χ0v) is 32.0. The first-order chi connectivity index (χ1) is 24.6. The number of anilines is 2. The average molecular weight is 801 g/mol.